The number of rotatable bonds is 6. The first-order valence-corrected chi connectivity index (χ1v) is 12.9. The van der Waals surface area contributed by atoms with Crippen LogP contribution in [-0.2, 0) is 9.53 Å². The van der Waals surface area contributed by atoms with Crippen molar-refractivity contribution in [3.8, 4) is 22.8 Å². The fourth-order valence-electron chi connectivity index (χ4n) is 5.52. The van der Waals surface area contributed by atoms with E-state index in [1.54, 1.807) is 4.90 Å². The number of nitrogen functional groups attached to an aromatic ring is 1. The summed E-state index contributed by atoms with van der Waals surface area (Å²) in [7, 11) is 0. The molecule has 9 heteroatoms. The predicted molar refractivity (Wildman–Crippen MR) is 150 cm³/mol. The van der Waals surface area contributed by atoms with E-state index in [0.29, 0.717) is 48.0 Å². The molecule has 2 atom stereocenters. The zero-order valence-electron chi connectivity index (χ0n) is 21.8. The van der Waals surface area contributed by atoms with Gasteiger partial charge in [0.2, 0.25) is 5.91 Å². The molecular weight excluding hydrogens is 492 g/mol. The number of allylic oxidation sites excluding steroid dienone is 1. The van der Waals surface area contributed by atoms with Crippen LogP contribution in [0.25, 0.3) is 27.9 Å². The number of benzene rings is 2. The third kappa shape index (κ3) is 4.55. The van der Waals surface area contributed by atoms with Crippen LogP contribution in [0.4, 0.5) is 5.82 Å². The van der Waals surface area contributed by atoms with Crippen molar-refractivity contribution in [2.75, 3.05) is 25.4 Å². The maximum Gasteiger partial charge on any atom is 0.246 e. The van der Waals surface area contributed by atoms with E-state index >= 15 is 0 Å². The number of anilines is 1. The van der Waals surface area contributed by atoms with Crippen LogP contribution in [0, 0.1) is 0 Å². The Balaban J connectivity index is 1.28. The highest BCUT2D eigenvalue weighted by Gasteiger charge is 2.47. The molecule has 9 nitrogen and oxygen atoms in total. The van der Waals surface area contributed by atoms with Gasteiger partial charge in [-0.3, -0.25) is 4.79 Å². The van der Waals surface area contributed by atoms with Crippen molar-refractivity contribution in [1.82, 2.24) is 24.6 Å². The topological polar surface area (TPSA) is 108 Å². The monoisotopic (exact) mass is 522 g/mol. The number of carbonyl (C=O) groups excluding carboxylic acids is 1. The second-order valence-corrected chi connectivity index (χ2v) is 10.3. The molecule has 0 radical (unpaired) electrons. The number of likely N-dealkylation sites (tertiary alicyclic amines) is 1. The standard InChI is InChI=1S/C30H30N6O3/c1-4-25(37)35-13-12-30(17-35)15-22(16-38-30)36-29-26(28(31)32-18-33-29)27(34-36)20-8-10-23(11-9-20)39-24-7-5-6-21(14-24)19(2)3/h4-11,14,18,22H,1-2,12-13,15-17H2,3H3,(H2,31,32,33). The smallest absolute Gasteiger partial charge is 0.246 e. The maximum absolute atomic E-state index is 12.1. The SMILES string of the molecule is C=CC(=O)N1CCC2(CC(n3nc(-c4ccc(Oc5cccc(C(=C)C)c5)cc4)c4c(N)ncnc43)CO2)C1. The van der Waals surface area contributed by atoms with Gasteiger partial charge in [-0.1, -0.05) is 30.9 Å². The molecule has 0 saturated carbocycles. The number of nitrogens with zero attached hydrogens (tertiary/aromatic N) is 5. The molecule has 39 heavy (non-hydrogen) atoms. The van der Waals surface area contributed by atoms with Crippen LogP contribution in [-0.4, -0.2) is 55.9 Å². The summed E-state index contributed by atoms with van der Waals surface area (Å²) in [5.41, 5.74) is 10.2. The lowest BCUT2D eigenvalue weighted by Crippen LogP contribution is -2.35. The average Bonchev–Trinajstić information content (AvgIpc) is 3.67. The Kier molecular flexibility index (Phi) is 6.15. The summed E-state index contributed by atoms with van der Waals surface area (Å²) < 4.78 is 14.3. The average molecular weight is 523 g/mol. The highest BCUT2D eigenvalue weighted by Crippen LogP contribution is 2.42. The van der Waals surface area contributed by atoms with E-state index in [2.05, 4.69) is 23.1 Å². The highest BCUT2D eigenvalue weighted by atomic mass is 16.5. The van der Waals surface area contributed by atoms with Gasteiger partial charge in [-0.25, -0.2) is 14.6 Å². The van der Waals surface area contributed by atoms with Crippen molar-refractivity contribution in [3.63, 3.8) is 0 Å². The molecule has 1 amide bonds. The number of amides is 1. The van der Waals surface area contributed by atoms with Crippen LogP contribution in [0.2, 0.25) is 0 Å². The van der Waals surface area contributed by atoms with Gasteiger partial charge in [0.25, 0.3) is 0 Å². The van der Waals surface area contributed by atoms with Gasteiger partial charge in [0, 0.05) is 18.5 Å². The second-order valence-electron chi connectivity index (χ2n) is 10.3. The highest BCUT2D eigenvalue weighted by molar-refractivity contribution is 5.98. The molecular formula is C30H30N6O3. The molecule has 4 aromatic rings. The van der Waals surface area contributed by atoms with E-state index < -0.39 is 0 Å². The molecule has 2 aromatic carbocycles. The van der Waals surface area contributed by atoms with Crippen molar-refractivity contribution in [2.24, 2.45) is 0 Å². The van der Waals surface area contributed by atoms with Crippen LogP contribution >= 0.6 is 0 Å². The molecule has 4 heterocycles. The molecule has 2 aliphatic rings. The maximum atomic E-state index is 12.1. The van der Waals surface area contributed by atoms with Gasteiger partial charge >= 0.3 is 0 Å². The summed E-state index contributed by atoms with van der Waals surface area (Å²) in [5, 5.41) is 5.68. The third-order valence-corrected chi connectivity index (χ3v) is 7.55. The first-order chi connectivity index (χ1) is 18.9. The van der Waals surface area contributed by atoms with E-state index in [1.165, 1.54) is 12.4 Å². The molecule has 1 spiro atoms. The lowest BCUT2D eigenvalue weighted by atomic mass is 9.97. The second kappa shape index (κ2) is 9.67. The first-order valence-electron chi connectivity index (χ1n) is 12.9. The Morgan fingerprint density at radius 2 is 2.03 bits per heavy atom. The quantitative estimate of drug-likeness (QED) is 0.354. The predicted octanol–water partition coefficient (Wildman–Crippen LogP) is 5.02. The number of hydrogen-bond acceptors (Lipinski definition) is 7. The summed E-state index contributed by atoms with van der Waals surface area (Å²) in [6, 6.07) is 15.5. The summed E-state index contributed by atoms with van der Waals surface area (Å²) in [6.45, 7) is 11.3. The van der Waals surface area contributed by atoms with E-state index in [0.717, 1.165) is 35.3 Å². The van der Waals surface area contributed by atoms with Crippen LogP contribution in [0.5, 0.6) is 11.5 Å². The number of aromatic nitrogens is 4. The lowest BCUT2D eigenvalue weighted by Gasteiger charge is -2.22. The number of ether oxygens (including phenoxy) is 2. The molecule has 2 aliphatic heterocycles. The van der Waals surface area contributed by atoms with Crippen LogP contribution in [0.1, 0.15) is 31.4 Å². The van der Waals surface area contributed by atoms with E-state index in [1.807, 2.05) is 60.1 Å². The normalized spacial score (nSPS) is 20.5. The van der Waals surface area contributed by atoms with Gasteiger partial charge in [-0.05, 0) is 61.4 Å². The van der Waals surface area contributed by atoms with Gasteiger partial charge in [0.05, 0.1) is 30.2 Å². The minimum Gasteiger partial charge on any atom is -0.457 e. The van der Waals surface area contributed by atoms with Gasteiger partial charge in [-0.15, -0.1) is 0 Å². The zero-order valence-corrected chi connectivity index (χ0v) is 21.8. The van der Waals surface area contributed by atoms with Gasteiger partial charge in [-0.2, -0.15) is 5.10 Å². The minimum atomic E-state index is -0.388. The van der Waals surface area contributed by atoms with Crippen molar-refractivity contribution in [2.45, 2.75) is 31.4 Å². The number of hydrogen-bond donors (Lipinski definition) is 1. The Bertz CT molecular complexity index is 1590. The molecule has 2 unspecified atom stereocenters. The van der Waals surface area contributed by atoms with Gasteiger partial charge in [0.15, 0.2) is 5.65 Å². The zero-order chi connectivity index (χ0) is 27.1. The fourth-order valence-corrected chi connectivity index (χ4v) is 5.52. The number of nitrogens with two attached hydrogens (primary N) is 1. The Hall–Kier alpha value is -4.50. The minimum absolute atomic E-state index is 0.0440. The van der Waals surface area contributed by atoms with Crippen LogP contribution in [0.3, 0.4) is 0 Å². The molecule has 0 bridgehead atoms. The molecule has 6 rings (SSSR count). The summed E-state index contributed by atoms with van der Waals surface area (Å²) >= 11 is 0. The summed E-state index contributed by atoms with van der Waals surface area (Å²) in [4.78, 5) is 22.7. The number of fused-ring (bicyclic) bond motifs is 1. The molecule has 2 saturated heterocycles. The van der Waals surface area contributed by atoms with Crippen molar-refractivity contribution < 1.29 is 14.3 Å². The summed E-state index contributed by atoms with van der Waals surface area (Å²) in [6.07, 6.45) is 4.32. The Morgan fingerprint density at radius 3 is 2.79 bits per heavy atom. The summed E-state index contributed by atoms with van der Waals surface area (Å²) in [5.74, 6) is 1.75. The molecule has 2 aromatic heterocycles. The Morgan fingerprint density at radius 1 is 1.21 bits per heavy atom. The Labute approximate surface area is 226 Å². The van der Waals surface area contributed by atoms with Crippen LogP contribution in [0.15, 0.2) is 74.1 Å². The van der Waals surface area contributed by atoms with Gasteiger partial charge in [0.1, 0.15) is 29.3 Å². The van der Waals surface area contributed by atoms with Gasteiger partial charge < -0.3 is 20.1 Å². The van der Waals surface area contributed by atoms with Crippen molar-refractivity contribution in [3.05, 3.63) is 79.7 Å². The molecule has 2 N–H and O–H groups in total. The fraction of sp³-hybridized carbons (Fsp3) is 0.267. The van der Waals surface area contributed by atoms with E-state index in [-0.39, 0.29) is 17.6 Å². The number of carbonyl (C=O) groups is 1. The molecule has 0 aliphatic carbocycles. The largest absolute Gasteiger partial charge is 0.457 e. The van der Waals surface area contributed by atoms with E-state index in [4.69, 9.17) is 20.3 Å². The first kappa shape index (κ1) is 24.8. The van der Waals surface area contributed by atoms with Crippen molar-refractivity contribution >= 4 is 28.3 Å². The third-order valence-electron chi connectivity index (χ3n) is 7.55. The van der Waals surface area contributed by atoms with Crippen LogP contribution < -0.4 is 10.5 Å². The molecule has 198 valence electrons. The lowest BCUT2D eigenvalue weighted by molar-refractivity contribution is -0.126. The molecule has 2 fully saturated rings. The van der Waals surface area contributed by atoms with Crippen molar-refractivity contribution in [1.29, 1.82) is 0 Å². The van der Waals surface area contributed by atoms with E-state index in [9.17, 15) is 4.79 Å².